The summed E-state index contributed by atoms with van der Waals surface area (Å²) >= 11 is 0. The van der Waals surface area contributed by atoms with Crippen LogP contribution in [0.3, 0.4) is 0 Å². The quantitative estimate of drug-likeness (QED) is 0.841. The van der Waals surface area contributed by atoms with E-state index in [0.29, 0.717) is 6.54 Å². The van der Waals surface area contributed by atoms with Crippen LogP contribution in [-0.2, 0) is 0 Å². The van der Waals surface area contributed by atoms with E-state index in [1.165, 1.54) is 0 Å². The lowest BCUT2D eigenvalue weighted by Gasteiger charge is -2.32. The molecule has 0 fully saturated rings. The summed E-state index contributed by atoms with van der Waals surface area (Å²) in [7, 11) is 0. The summed E-state index contributed by atoms with van der Waals surface area (Å²) in [6.07, 6.45) is 0.776. The molecule has 2 aromatic rings. The van der Waals surface area contributed by atoms with Crippen molar-refractivity contribution in [3.05, 3.63) is 59.7 Å². The number of rotatable bonds is 1. The number of benzene rings is 2. The Balaban J connectivity index is 1.84. The summed E-state index contributed by atoms with van der Waals surface area (Å²) in [5, 5.41) is 2.95. The van der Waals surface area contributed by atoms with Crippen molar-refractivity contribution in [2.75, 3.05) is 16.8 Å². The van der Waals surface area contributed by atoms with Crippen LogP contribution in [0.15, 0.2) is 48.5 Å². The number of amides is 2. The van der Waals surface area contributed by atoms with Gasteiger partial charge in [-0.3, -0.25) is 4.90 Å². The molecule has 108 valence electrons. The van der Waals surface area contributed by atoms with E-state index < -0.39 is 0 Å². The lowest BCUT2D eigenvalue weighted by molar-refractivity contribution is 0.256. The minimum atomic E-state index is -0.111. The molecule has 1 heterocycles. The van der Waals surface area contributed by atoms with Gasteiger partial charge in [-0.25, -0.2) is 4.79 Å². The highest BCUT2D eigenvalue weighted by Gasteiger charge is 2.26. The lowest BCUT2D eigenvalue weighted by Crippen LogP contribution is -2.40. The molecule has 0 saturated carbocycles. The molecule has 21 heavy (non-hydrogen) atoms. The summed E-state index contributed by atoms with van der Waals surface area (Å²) in [5.41, 5.74) is 9.99. The van der Waals surface area contributed by atoms with Crippen molar-refractivity contribution in [1.82, 2.24) is 0 Å². The van der Waals surface area contributed by atoms with Crippen LogP contribution in [0, 0.1) is 6.92 Å². The van der Waals surface area contributed by atoms with Gasteiger partial charge in [-0.1, -0.05) is 30.3 Å². The first-order valence-corrected chi connectivity index (χ1v) is 7.15. The average molecular weight is 281 g/mol. The Morgan fingerprint density at radius 3 is 2.86 bits per heavy atom. The normalized spacial score (nSPS) is 17.2. The number of carbonyl (C=O) groups excluding carboxylic acids is 1. The fraction of sp³-hybridized carbons (Fsp3) is 0.235. The van der Waals surface area contributed by atoms with Gasteiger partial charge in [-0.15, -0.1) is 0 Å². The summed E-state index contributed by atoms with van der Waals surface area (Å²) in [4.78, 5) is 14.3. The molecule has 2 aromatic carbocycles. The maximum Gasteiger partial charge on any atom is 0.326 e. The van der Waals surface area contributed by atoms with Crippen molar-refractivity contribution in [2.45, 2.75) is 19.4 Å². The smallest absolute Gasteiger partial charge is 0.324 e. The van der Waals surface area contributed by atoms with Gasteiger partial charge < -0.3 is 11.1 Å². The van der Waals surface area contributed by atoms with Gasteiger partial charge in [-0.05, 0) is 42.7 Å². The molecule has 1 unspecified atom stereocenters. The molecule has 3 N–H and O–H groups in total. The minimum Gasteiger partial charge on any atom is -0.324 e. The van der Waals surface area contributed by atoms with E-state index in [9.17, 15) is 4.79 Å². The second-order valence-electron chi connectivity index (χ2n) is 5.41. The highest BCUT2D eigenvalue weighted by atomic mass is 16.2. The number of hydrogen-bond donors (Lipinski definition) is 2. The monoisotopic (exact) mass is 281 g/mol. The fourth-order valence-electron chi connectivity index (χ4n) is 2.72. The SMILES string of the molecule is Cc1cccc(NC(=O)N2CCC(N)c3ccccc32)c1. The maximum absolute atomic E-state index is 12.5. The Hall–Kier alpha value is -2.33. The standard InChI is InChI=1S/C17H19N3O/c1-12-5-4-6-13(11-12)19-17(21)20-10-9-15(18)14-7-2-3-8-16(14)20/h2-8,11,15H,9-10,18H2,1H3,(H,19,21). The topological polar surface area (TPSA) is 58.4 Å². The van der Waals surface area contributed by atoms with Crippen LogP contribution in [0.25, 0.3) is 0 Å². The number of aryl methyl sites for hydroxylation is 1. The average Bonchev–Trinajstić information content (AvgIpc) is 2.48. The highest BCUT2D eigenvalue weighted by Crippen LogP contribution is 2.32. The largest absolute Gasteiger partial charge is 0.326 e. The molecule has 0 spiro atoms. The molecular formula is C17H19N3O. The molecule has 1 aliphatic rings. The number of carbonyl (C=O) groups is 1. The van der Waals surface area contributed by atoms with Crippen LogP contribution in [0.5, 0.6) is 0 Å². The maximum atomic E-state index is 12.5. The third-order valence-electron chi connectivity index (χ3n) is 3.81. The molecule has 0 bridgehead atoms. The van der Waals surface area contributed by atoms with Crippen LogP contribution < -0.4 is 16.0 Å². The zero-order chi connectivity index (χ0) is 14.8. The third kappa shape index (κ3) is 2.76. The zero-order valence-corrected chi connectivity index (χ0v) is 12.0. The number of nitrogens with zero attached hydrogens (tertiary/aromatic N) is 1. The number of anilines is 2. The predicted octanol–water partition coefficient (Wildman–Crippen LogP) is 3.44. The number of nitrogens with two attached hydrogens (primary N) is 1. The van der Waals surface area contributed by atoms with E-state index >= 15 is 0 Å². The zero-order valence-electron chi connectivity index (χ0n) is 12.0. The highest BCUT2D eigenvalue weighted by molar-refractivity contribution is 6.02. The first kappa shape index (κ1) is 13.6. The van der Waals surface area contributed by atoms with Gasteiger partial charge in [0, 0.05) is 18.3 Å². The number of para-hydroxylation sites is 1. The van der Waals surface area contributed by atoms with Crippen molar-refractivity contribution < 1.29 is 4.79 Å². The third-order valence-corrected chi connectivity index (χ3v) is 3.81. The molecule has 0 radical (unpaired) electrons. The van der Waals surface area contributed by atoms with Crippen molar-refractivity contribution in [3.63, 3.8) is 0 Å². The molecule has 0 aliphatic carbocycles. The molecular weight excluding hydrogens is 262 g/mol. The molecule has 1 atom stereocenters. The summed E-state index contributed by atoms with van der Waals surface area (Å²) in [6, 6.07) is 15.5. The van der Waals surface area contributed by atoms with Crippen LogP contribution >= 0.6 is 0 Å². The Morgan fingerprint density at radius 2 is 2.05 bits per heavy atom. The Bertz CT molecular complexity index is 669. The van der Waals surface area contributed by atoms with Gasteiger partial charge in [0.25, 0.3) is 0 Å². The van der Waals surface area contributed by atoms with Gasteiger partial charge in [0.2, 0.25) is 0 Å². The predicted molar refractivity (Wildman–Crippen MR) is 85.5 cm³/mol. The molecule has 3 rings (SSSR count). The van der Waals surface area contributed by atoms with E-state index in [4.69, 9.17) is 5.73 Å². The van der Waals surface area contributed by atoms with Crippen LogP contribution in [0.1, 0.15) is 23.6 Å². The lowest BCUT2D eigenvalue weighted by atomic mass is 9.97. The molecule has 4 nitrogen and oxygen atoms in total. The van der Waals surface area contributed by atoms with E-state index in [1.807, 2.05) is 55.5 Å². The summed E-state index contributed by atoms with van der Waals surface area (Å²) in [5.74, 6) is 0. The van der Waals surface area contributed by atoms with Crippen LogP contribution in [-0.4, -0.2) is 12.6 Å². The van der Waals surface area contributed by atoms with Gasteiger partial charge in [-0.2, -0.15) is 0 Å². The van der Waals surface area contributed by atoms with Gasteiger partial charge in [0.15, 0.2) is 0 Å². The van der Waals surface area contributed by atoms with Gasteiger partial charge >= 0.3 is 6.03 Å². The second-order valence-corrected chi connectivity index (χ2v) is 5.41. The Kier molecular flexibility index (Phi) is 3.62. The number of hydrogen-bond acceptors (Lipinski definition) is 2. The van der Waals surface area contributed by atoms with Gasteiger partial charge in [0.1, 0.15) is 0 Å². The number of urea groups is 1. The van der Waals surface area contributed by atoms with Crippen molar-refractivity contribution in [2.24, 2.45) is 5.73 Å². The molecule has 2 amide bonds. The van der Waals surface area contributed by atoms with E-state index in [0.717, 1.165) is 28.9 Å². The number of fused-ring (bicyclic) bond motifs is 1. The molecule has 0 aromatic heterocycles. The second kappa shape index (κ2) is 5.58. The van der Waals surface area contributed by atoms with Crippen LogP contribution in [0.4, 0.5) is 16.2 Å². The van der Waals surface area contributed by atoms with Crippen molar-refractivity contribution in [3.8, 4) is 0 Å². The first-order valence-electron chi connectivity index (χ1n) is 7.15. The van der Waals surface area contributed by atoms with E-state index in [-0.39, 0.29) is 12.1 Å². The van der Waals surface area contributed by atoms with Crippen molar-refractivity contribution in [1.29, 1.82) is 0 Å². The summed E-state index contributed by atoms with van der Waals surface area (Å²) in [6.45, 7) is 2.64. The Labute approximate surface area is 124 Å². The number of nitrogens with one attached hydrogen (secondary N) is 1. The minimum absolute atomic E-state index is 0.00391. The molecule has 1 aliphatic heterocycles. The Morgan fingerprint density at radius 1 is 1.24 bits per heavy atom. The molecule has 0 saturated heterocycles. The van der Waals surface area contributed by atoms with Crippen molar-refractivity contribution >= 4 is 17.4 Å². The first-order chi connectivity index (χ1) is 10.1. The fourth-order valence-corrected chi connectivity index (χ4v) is 2.72. The summed E-state index contributed by atoms with van der Waals surface area (Å²) < 4.78 is 0. The molecule has 4 heteroatoms. The van der Waals surface area contributed by atoms with Gasteiger partial charge in [0.05, 0.1) is 5.69 Å². The van der Waals surface area contributed by atoms with E-state index in [1.54, 1.807) is 4.90 Å². The van der Waals surface area contributed by atoms with E-state index in [2.05, 4.69) is 5.32 Å². The van der Waals surface area contributed by atoms with Crippen LogP contribution in [0.2, 0.25) is 0 Å².